The summed E-state index contributed by atoms with van der Waals surface area (Å²) < 4.78 is 3.81. The van der Waals surface area contributed by atoms with Gasteiger partial charge in [-0.1, -0.05) is 49.0 Å². The van der Waals surface area contributed by atoms with Crippen molar-refractivity contribution in [3.63, 3.8) is 0 Å². The first-order valence-electron chi connectivity index (χ1n) is 11.5. The fourth-order valence-corrected chi connectivity index (χ4v) is 5.43. The number of carbonyl (C=O) groups is 1. The first-order valence-corrected chi connectivity index (χ1v) is 12.3. The van der Waals surface area contributed by atoms with Crippen molar-refractivity contribution in [2.75, 3.05) is 5.32 Å². The zero-order valence-corrected chi connectivity index (χ0v) is 20.2. The number of aryl methyl sites for hydroxylation is 1. The summed E-state index contributed by atoms with van der Waals surface area (Å²) in [4.78, 5) is 30.6. The largest absolute Gasteiger partial charge is 0.341 e. The van der Waals surface area contributed by atoms with E-state index in [1.54, 1.807) is 13.1 Å². The van der Waals surface area contributed by atoms with Crippen molar-refractivity contribution in [2.24, 2.45) is 7.05 Å². The van der Waals surface area contributed by atoms with E-state index in [0.29, 0.717) is 22.5 Å². The summed E-state index contributed by atoms with van der Waals surface area (Å²) in [6, 6.07) is 21.7. The number of hydrogen-bond acceptors (Lipinski definition) is 4. The third-order valence-corrected chi connectivity index (χ3v) is 7.62. The van der Waals surface area contributed by atoms with E-state index in [-0.39, 0.29) is 16.7 Å². The molecule has 1 atom stereocenters. The second-order valence-corrected chi connectivity index (χ2v) is 9.44. The number of nitrogens with one attached hydrogen (secondary N) is 1. The van der Waals surface area contributed by atoms with Crippen LogP contribution in [0.2, 0.25) is 0 Å². The predicted molar refractivity (Wildman–Crippen MR) is 141 cm³/mol. The minimum absolute atomic E-state index is 0.103. The molecular weight excluding hydrogens is 444 g/mol. The molecule has 0 saturated heterocycles. The number of fused-ring (bicyclic) bond motifs is 4. The van der Waals surface area contributed by atoms with Gasteiger partial charge in [-0.2, -0.15) is 0 Å². The Balaban J connectivity index is 1.44. The molecule has 0 radical (unpaired) electrons. The van der Waals surface area contributed by atoms with E-state index in [1.807, 2.05) is 49.4 Å². The number of nitrogens with zero attached hydrogens (tertiary/aromatic N) is 3. The number of rotatable bonds is 6. The number of hydrogen-bond donors (Lipinski definition) is 1. The van der Waals surface area contributed by atoms with Crippen LogP contribution >= 0.6 is 11.8 Å². The number of aromatic nitrogens is 3. The number of anilines is 1. The van der Waals surface area contributed by atoms with Crippen LogP contribution in [0.1, 0.15) is 20.3 Å². The molecule has 0 saturated carbocycles. The summed E-state index contributed by atoms with van der Waals surface area (Å²) in [5.41, 5.74) is 3.63. The fraction of sp³-hybridized carbons (Fsp3) is 0.222. The predicted octanol–water partition coefficient (Wildman–Crippen LogP) is 5.57. The molecule has 0 fully saturated rings. The van der Waals surface area contributed by atoms with Gasteiger partial charge in [-0.05, 0) is 49.7 Å². The molecule has 7 heteroatoms. The van der Waals surface area contributed by atoms with Crippen LogP contribution in [0.3, 0.4) is 0 Å². The Bertz CT molecular complexity index is 1600. The first kappa shape index (κ1) is 22.2. The Hall–Kier alpha value is -3.58. The van der Waals surface area contributed by atoms with Gasteiger partial charge in [-0.15, -0.1) is 0 Å². The van der Waals surface area contributed by atoms with Crippen LogP contribution < -0.4 is 10.9 Å². The molecule has 5 rings (SSSR count). The third kappa shape index (κ3) is 3.76. The molecule has 1 N–H and O–H groups in total. The molecule has 0 aliphatic rings. The van der Waals surface area contributed by atoms with Gasteiger partial charge in [-0.25, -0.2) is 4.98 Å². The Morgan fingerprint density at radius 1 is 0.971 bits per heavy atom. The molecule has 6 nitrogen and oxygen atoms in total. The maximum absolute atomic E-state index is 13.2. The second-order valence-electron chi connectivity index (χ2n) is 8.27. The number of benzene rings is 3. The fourth-order valence-electron chi connectivity index (χ4n) is 4.45. The lowest BCUT2D eigenvalue weighted by molar-refractivity contribution is -0.115. The summed E-state index contributed by atoms with van der Waals surface area (Å²) in [7, 11) is 1.70. The quantitative estimate of drug-likeness (QED) is 0.260. The molecule has 2 aromatic heterocycles. The van der Waals surface area contributed by atoms with Gasteiger partial charge in [0, 0.05) is 41.1 Å². The van der Waals surface area contributed by atoms with Crippen LogP contribution in [-0.4, -0.2) is 25.3 Å². The standard InChI is InChI=1S/C27H26N4O2S/c1-4-24(34-27-29-21-12-8-6-11-19(21)26(33)30(27)3)25(32)28-17-14-15-23-20(16-17)18-10-7-9-13-22(18)31(23)5-2/h6-16,24H,4-5H2,1-3H3,(H,28,32). The van der Waals surface area contributed by atoms with E-state index < -0.39 is 0 Å². The maximum Gasteiger partial charge on any atom is 0.261 e. The average Bonchev–Trinajstić information content (AvgIpc) is 3.18. The molecule has 1 unspecified atom stereocenters. The highest BCUT2D eigenvalue weighted by Gasteiger charge is 2.22. The SMILES string of the molecule is CCC(Sc1nc2ccccc2c(=O)n1C)C(=O)Nc1ccc2c(c1)c1ccccc1n2CC. The van der Waals surface area contributed by atoms with E-state index in [2.05, 4.69) is 40.0 Å². The van der Waals surface area contributed by atoms with Crippen molar-refractivity contribution in [3.05, 3.63) is 77.1 Å². The van der Waals surface area contributed by atoms with Gasteiger partial charge in [0.25, 0.3) is 5.56 Å². The van der Waals surface area contributed by atoms with E-state index in [4.69, 9.17) is 0 Å². The van der Waals surface area contributed by atoms with Crippen LogP contribution in [0.5, 0.6) is 0 Å². The van der Waals surface area contributed by atoms with Gasteiger partial charge >= 0.3 is 0 Å². The molecule has 5 aromatic rings. The number of amides is 1. The third-order valence-electron chi connectivity index (χ3n) is 6.21. The summed E-state index contributed by atoms with van der Waals surface area (Å²) >= 11 is 1.32. The summed E-state index contributed by atoms with van der Waals surface area (Å²) in [5.74, 6) is -0.103. The van der Waals surface area contributed by atoms with Crippen molar-refractivity contribution >= 4 is 56.1 Å². The van der Waals surface area contributed by atoms with Crippen LogP contribution in [0, 0.1) is 0 Å². The molecule has 34 heavy (non-hydrogen) atoms. The molecule has 0 aliphatic carbocycles. The number of para-hydroxylation sites is 2. The zero-order valence-electron chi connectivity index (χ0n) is 19.4. The van der Waals surface area contributed by atoms with E-state index in [9.17, 15) is 9.59 Å². The van der Waals surface area contributed by atoms with Gasteiger partial charge < -0.3 is 9.88 Å². The summed E-state index contributed by atoms with van der Waals surface area (Å²) in [6.07, 6.45) is 0.608. The van der Waals surface area contributed by atoms with E-state index in [1.165, 1.54) is 27.2 Å². The lowest BCUT2D eigenvalue weighted by Gasteiger charge is -2.16. The molecule has 2 heterocycles. The van der Waals surface area contributed by atoms with Crippen LogP contribution in [0.4, 0.5) is 5.69 Å². The minimum Gasteiger partial charge on any atom is -0.341 e. The van der Waals surface area contributed by atoms with Crippen molar-refractivity contribution in [1.82, 2.24) is 14.1 Å². The lowest BCUT2D eigenvalue weighted by atomic mass is 10.1. The van der Waals surface area contributed by atoms with Crippen LogP contribution in [-0.2, 0) is 18.4 Å². The van der Waals surface area contributed by atoms with E-state index >= 15 is 0 Å². The Morgan fingerprint density at radius 2 is 1.68 bits per heavy atom. The molecular formula is C27H26N4O2S. The molecule has 172 valence electrons. The lowest BCUT2D eigenvalue weighted by Crippen LogP contribution is -2.27. The zero-order chi connectivity index (χ0) is 23.8. The Labute approximate surface area is 201 Å². The number of thioether (sulfide) groups is 1. The smallest absolute Gasteiger partial charge is 0.261 e. The van der Waals surface area contributed by atoms with Gasteiger partial charge in [0.2, 0.25) is 5.91 Å². The van der Waals surface area contributed by atoms with Gasteiger partial charge in [-0.3, -0.25) is 14.2 Å². The summed E-state index contributed by atoms with van der Waals surface area (Å²) in [5, 5.41) is 6.10. The van der Waals surface area contributed by atoms with Gasteiger partial charge in [0.1, 0.15) is 0 Å². The van der Waals surface area contributed by atoms with Crippen LogP contribution in [0.25, 0.3) is 32.7 Å². The first-order chi connectivity index (χ1) is 16.5. The minimum atomic E-state index is -0.382. The van der Waals surface area contributed by atoms with Gasteiger partial charge in [0.15, 0.2) is 5.16 Å². The van der Waals surface area contributed by atoms with Crippen molar-refractivity contribution in [2.45, 2.75) is 37.2 Å². The summed E-state index contributed by atoms with van der Waals surface area (Å²) in [6.45, 7) is 4.98. The van der Waals surface area contributed by atoms with E-state index in [0.717, 1.165) is 23.1 Å². The van der Waals surface area contributed by atoms with Crippen LogP contribution in [0.15, 0.2) is 76.7 Å². The second kappa shape index (κ2) is 8.99. The molecule has 0 bridgehead atoms. The average molecular weight is 471 g/mol. The molecule has 3 aromatic carbocycles. The highest BCUT2D eigenvalue weighted by atomic mass is 32.2. The monoisotopic (exact) mass is 470 g/mol. The molecule has 0 spiro atoms. The normalized spacial score (nSPS) is 12.4. The Kier molecular flexibility index (Phi) is 5.87. The highest BCUT2D eigenvalue weighted by molar-refractivity contribution is 8.00. The number of carbonyl (C=O) groups excluding carboxylic acids is 1. The Morgan fingerprint density at radius 3 is 2.44 bits per heavy atom. The van der Waals surface area contributed by atoms with Gasteiger partial charge in [0.05, 0.1) is 16.2 Å². The topological polar surface area (TPSA) is 68.9 Å². The van der Waals surface area contributed by atoms with Crippen molar-refractivity contribution in [3.8, 4) is 0 Å². The molecule has 1 amide bonds. The van der Waals surface area contributed by atoms with Crippen molar-refractivity contribution in [1.29, 1.82) is 0 Å². The maximum atomic E-state index is 13.2. The van der Waals surface area contributed by atoms with Crippen molar-refractivity contribution < 1.29 is 4.79 Å². The highest BCUT2D eigenvalue weighted by Crippen LogP contribution is 2.32. The molecule has 0 aliphatic heterocycles.